The predicted octanol–water partition coefficient (Wildman–Crippen LogP) is 4.23. The Morgan fingerprint density at radius 3 is 2.42 bits per heavy atom. The number of carbonyl (C=O) groups excluding carboxylic acids is 1. The van der Waals surface area contributed by atoms with Crippen LogP contribution in [-0.2, 0) is 0 Å². The van der Waals surface area contributed by atoms with E-state index < -0.39 is 0 Å². The van der Waals surface area contributed by atoms with E-state index in [1.165, 1.54) is 5.56 Å². The van der Waals surface area contributed by atoms with Gasteiger partial charge in [-0.3, -0.25) is 4.79 Å². The van der Waals surface area contributed by atoms with Crippen molar-refractivity contribution in [2.45, 2.75) is 13.8 Å². The van der Waals surface area contributed by atoms with Crippen LogP contribution in [-0.4, -0.2) is 25.3 Å². The number of aryl methyl sites for hydroxylation is 2. The van der Waals surface area contributed by atoms with Gasteiger partial charge in [-0.2, -0.15) is 0 Å². The monoisotopic (exact) mass is 352 g/mol. The van der Waals surface area contributed by atoms with Crippen molar-refractivity contribution in [2.75, 3.05) is 19.5 Å². The minimum atomic E-state index is -0.330. The van der Waals surface area contributed by atoms with Gasteiger partial charge in [0.15, 0.2) is 23.0 Å². The molecule has 1 N–H and O–H groups in total. The fourth-order valence-corrected chi connectivity index (χ4v) is 2.52. The Morgan fingerprint density at radius 2 is 1.73 bits per heavy atom. The van der Waals surface area contributed by atoms with Gasteiger partial charge in [-0.15, -0.1) is 0 Å². The Hall–Kier alpha value is -3.28. The Bertz CT molecular complexity index is 947. The van der Waals surface area contributed by atoms with Crippen molar-refractivity contribution >= 4 is 11.6 Å². The van der Waals surface area contributed by atoms with Crippen LogP contribution in [0, 0.1) is 13.8 Å². The van der Waals surface area contributed by atoms with E-state index in [0.717, 1.165) is 11.1 Å². The minimum absolute atomic E-state index is 0.202. The highest BCUT2D eigenvalue weighted by Crippen LogP contribution is 2.32. The molecule has 0 spiro atoms. The van der Waals surface area contributed by atoms with E-state index in [4.69, 9.17) is 14.0 Å². The number of rotatable bonds is 5. The van der Waals surface area contributed by atoms with Crippen LogP contribution in [0.5, 0.6) is 11.5 Å². The number of amides is 1. The van der Waals surface area contributed by atoms with Crippen LogP contribution in [0.15, 0.2) is 47.0 Å². The molecule has 6 heteroatoms. The summed E-state index contributed by atoms with van der Waals surface area (Å²) in [5, 5.41) is 6.69. The molecular weight excluding hydrogens is 332 g/mol. The van der Waals surface area contributed by atoms with Crippen molar-refractivity contribution in [3.8, 4) is 22.8 Å². The van der Waals surface area contributed by atoms with E-state index in [9.17, 15) is 4.79 Å². The summed E-state index contributed by atoms with van der Waals surface area (Å²) >= 11 is 0. The van der Waals surface area contributed by atoms with Gasteiger partial charge in [-0.1, -0.05) is 11.2 Å². The summed E-state index contributed by atoms with van der Waals surface area (Å²) in [6.45, 7) is 4.02. The number of carbonyl (C=O) groups is 1. The summed E-state index contributed by atoms with van der Waals surface area (Å²) in [6, 6.07) is 12.7. The van der Waals surface area contributed by atoms with Gasteiger partial charge < -0.3 is 19.3 Å². The molecule has 0 aliphatic heterocycles. The molecule has 3 rings (SSSR count). The first kappa shape index (κ1) is 17.5. The van der Waals surface area contributed by atoms with Crippen molar-refractivity contribution in [3.05, 3.63) is 59.3 Å². The van der Waals surface area contributed by atoms with Crippen LogP contribution < -0.4 is 14.8 Å². The van der Waals surface area contributed by atoms with Gasteiger partial charge >= 0.3 is 0 Å². The molecule has 6 nitrogen and oxygen atoms in total. The molecule has 1 aromatic heterocycles. The number of nitrogens with zero attached hydrogens (tertiary/aromatic N) is 1. The number of nitrogens with one attached hydrogen (secondary N) is 1. The van der Waals surface area contributed by atoms with Crippen LogP contribution in [0.3, 0.4) is 0 Å². The van der Waals surface area contributed by atoms with Gasteiger partial charge in [0, 0.05) is 17.3 Å². The van der Waals surface area contributed by atoms with Crippen LogP contribution in [0.1, 0.15) is 21.6 Å². The number of methoxy groups -OCH3 is 2. The molecule has 2 aromatic carbocycles. The molecule has 1 amide bonds. The number of benzene rings is 2. The Morgan fingerprint density at radius 1 is 0.962 bits per heavy atom. The summed E-state index contributed by atoms with van der Waals surface area (Å²) in [7, 11) is 3.13. The first-order valence-corrected chi connectivity index (χ1v) is 8.09. The van der Waals surface area contributed by atoms with Crippen LogP contribution in [0.2, 0.25) is 0 Å². The fraction of sp³-hybridized carbons (Fsp3) is 0.200. The second kappa shape index (κ2) is 7.31. The molecule has 0 atom stereocenters. The van der Waals surface area contributed by atoms with E-state index in [-0.39, 0.29) is 11.6 Å². The number of ether oxygens (including phenoxy) is 2. The zero-order valence-electron chi connectivity index (χ0n) is 15.1. The molecule has 134 valence electrons. The summed E-state index contributed by atoms with van der Waals surface area (Å²) in [6.07, 6.45) is 0. The second-order valence-electron chi connectivity index (χ2n) is 5.90. The number of anilines is 1. The van der Waals surface area contributed by atoms with Gasteiger partial charge in [-0.05, 0) is 55.3 Å². The van der Waals surface area contributed by atoms with Gasteiger partial charge in [0.2, 0.25) is 0 Å². The zero-order chi connectivity index (χ0) is 18.7. The third-order valence-corrected chi connectivity index (χ3v) is 4.18. The molecule has 0 saturated carbocycles. The number of aromatic nitrogens is 1. The first-order chi connectivity index (χ1) is 12.5. The molecule has 1 heterocycles. The largest absolute Gasteiger partial charge is 0.493 e. The molecule has 0 aliphatic rings. The van der Waals surface area contributed by atoms with E-state index in [0.29, 0.717) is 22.9 Å². The quantitative estimate of drug-likeness (QED) is 0.744. The third kappa shape index (κ3) is 3.54. The maximum Gasteiger partial charge on any atom is 0.277 e. The average molecular weight is 352 g/mol. The SMILES string of the molecule is COc1ccc(-c2cc(C(=O)Nc3ccc(C)c(C)c3)no2)cc1OC. The van der Waals surface area contributed by atoms with E-state index in [1.807, 2.05) is 38.1 Å². The molecule has 0 bridgehead atoms. The standard InChI is InChI=1S/C20H20N2O4/c1-12-5-7-15(9-13(12)2)21-20(23)16-11-18(26-22-16)14-6-8-17(24-3)19(10-14)25-4/h5-11H,1-4H3,(H,21,23). The lowest BCUT2D eigenvalue weighted by Crippen LogP contribution is -2.12. The van der Waals surface area contributed by atoms with Gasteiger partial charge in [-0.25, -0.2) is 0 Å². The highest BCUT2D eigenvalue weighted by atomic mass is 16.5. The van der Waals surface area contributed by atoms with Crippen LogP contribution >= 0.6 is 0 Å². The molecule has 0 unspecified atom stereocenters. The smallest absolute Gasteiger partial charge is 0.277 e. The molecule has 0 radical (unpaired) electrons. The van der Waals surface area contributed by atoms with Crippen LogP contribution in [0.25, 0.3) is 11.3 Å². The molecule has 0 saturated heterocycles. The second-order valence-corrected chi connectivity index (χ2v) is 5.90. The number of hydrogen-bond acceptors (Lipinski definition) is 5. The van der Waals surface area contributed by atoms with Crippen molar-refractivity contribution in [1.82, 2.24) is 5.16 Å². The highest BCUT2D eigenvalue weighted by Gasteiger charge is 2.15. The lowest BCUT2D eigenvalue weighted by molar-refractivity contribution is 0.101. The van der Waals surface area contributed by atoms with Crippen molar-refractivity contribution < 1.29 is 18.8 Å². The normalized spacial score (nSPS) is 10.5. The first-order valence-electron chi connectivity index (χ1n) is 8.09. The molecular formula is C20H20N2O4. The molecule has 3 aromatic rings. The zero-order valence-corrected chi connectivity index (χ0v) is 15.1. The maximum absolute atomic E-state index is 12.4. The van der Waals surface area contributed by atoms with Gasteiger partial charge in [0.1, 0.15) is 0 Å². The van der Waals surface area contributed by atoms with Crippen molar-refractivity contribution in [3.63, 3.8) is 0 Å². The highest BCUT2D eigenvalue weighted by molar-refractivity contribution is 6.03. The third-order valence-electron chi connectivity index (χ3n) is 4.18. The van der Waals surface area contributed by atoms with E-state index >= 15 is 0 Å². The molecule has 26 heavy (non-hydrogen) atoms. The lowest BCUT2D eigenvalue weighted by Gasteiger charge is -2.07. The summed E-state index contributed by atoms with van der Waals surface area (Å²) in [4.78, 5) is 12.4. The molecule has 0 fully saturated rings. The van der Waals surface area contributed by atoms with E-state index in [2.05, 4.69) is 10.5 Å². The number of hydrogen-bond donors (Lipinski definition) is 1. The topological polar surface area (TPSA) is 73.6 Å². The fourth-order valence-electron chi connectivity index (χ4n) is 2.52. The van der Waals surface area contributed by atoms with Gasteiger partial charge in [0.25, 0.3) is 5.91 Å². The van der Waals surface area contributed by atoms with Crippen LogP contribution in [0.4, 0.5) is 5.69 Å². The predicted molar refractivity (Wildman–Crippen MR) is 98.9 cm³/mol. The van der Waals surface area contributed by atoms with Gasteiger partial charge in [0.05, 0.1) is 14.2 Å². The summed E-state index contributed by atoms with van der Waals surface area (Å²) < 4.78 is 15.8. The summed E-state index contributed by atoms with van der Waals surface area (Å²) in [5.41, 5.74) is 3.93. The molecule has 0 aliphatic carbocycles. The Labute approximate surface area is 151 Å². The van der Waals surface area contributed by atoms with Crippen molar-refractivity contribution in [2.24, 2.45) is 0 Å². The summed E-state index contributed by atoms with van der Waals surface area (Å²) in [5.74, 6) is 1.32. The van der Waals surface area contributed by atoms with Crippen molar-refractivity contribution in [1.29, 1.82) is 0 Å². The van der Waals surface area contributed by atoms with E-state index in [1.54, 1.807) is 32.4 Å². The Balaban J connectivity index is 1.80. The lowest BCUT2D eigenvalue weighted by atomic mass is 10.1. The average Bonchev–Trinajstić information content (AvgIpc) is 3.14. The Kier molecular flexibility index (Phi) is 4.93. The minimum Gasteiger partial charge on any atom is -0.493 e. The maximum atomic E-state index is 12.4.